The molecule has 0 radical (unpaired) electrons. The minimum atomic E-state index is 0.258. The fourth-order valence-corrected chi connectivity index (χ4v) is 1.34. The van der Waals surface area contributed by atoms with E-state index in [0.717, 1.165) is 31.0 Å². The SMILES string of the molecule is OCCCNCCc1ccc(Cl)cc1. The van der Waals surface area contributed by atoms with E-state index < -0.39 is 0 Å². The highest BCUT2D eigenvalue weighted by Gasteiger charge is 1.92. The molecule has 0 spiro atoms. The fraction of sp³-hybridized carbons (Fsp3) is 0.455. The first kappa shape index (κ1) is 11.5. The average Bonchev–Trinajstić information content (AvgIpc) is 2.21. The number of hydrogen-bond donors (Lipinski definition) is 2. The predicted octanol–water partition coefficient (Wildman–Crippen LogP) is 1.85. The van der Waals surface area contributed by atoms with Crippen molar-refractivity contribution < 1.29 is 5.11 Å². The molecule has 0 aliphatic heterocycles. The molecule has 0 saturated carbocycles. The number of benzene rings is 1. The highest BCUT2D eigenvalue weighted by molar-refractivity contribution is 6.30. The van der Waals surface area contributed by atoms with Crippen LogP contribution in [0.4, 0.5) is 0 Å². The smallest absolute Gasteiger partial charge is 0.0443 e. The summed E-state index contributed by atoms with van der Waals surface area (Å²) in [5.74, 6) is 0. The molecule has 78 valence electrons. The Balaban J connectivity index is 2.15. The van der Waals surface area contributed by atoms with E-state index in [-0.39, 0.29) is 6.61 Å². The summed E-state index contributed by atoms with van der Waals surface area (Å²) in [7, 11) is 0. The molecule has 0 aromatic heterocycles. The molecule has 0 aliphatic rings. The van der Waals surface area contributed by atoms with Crippen molar-refractivity contribution in [1.82, 2.24) is 5.32 Å². The number of halogens is 1. The molecule has 0 aliphatic carbocycles. The van der Waals surface area contributed by atoms with Gasteiger partial charge in [-0.1, -0.05) is 23.7 Å². The van der Waals surface area contributed by atoms with Crippen molar-refractivity contribution in [2.75, 3.05) is 19.7 Å². The van der Waals surface area contributed by atoms with Gasteiger partial charge < -0.3 is 10.4 Å². The zero-order valence-electron chi connectivity index (χ0n) is 8.17. The Hall–Kier alpha value is -0.570. The number of nitrogens with one attached hydrogen (secondary N) is 1. The van der Waals surface area contributed by atoms with E-state index in [2.05, 4.69) is 5.32 Å². The fourth-order valence-electron chi connectivity index (χ4n) is 1.21. The van der Waals surface area contributed by atoms with Crippen LogP contribution in [0.2, 0.25) is 5.02 Å². The second-order valence-electron chi connectivity index (χ2n) is 3.20. The zero-order valence-corrected chi connectivity index (χ0v) is 8.93. The largest absolute Gasteiger partial charge is 0.396 e. The summed E-state index contributed by atoms with van der Waals surface area (Å²) in [6.45, 7) is 2.08. The van der Waals surface area contributed by atoms with Crippen LogP contribution in [0.25, 0.3) is 0 Å². The predicted molar refractivity (Wildman–Crippen MR) is 59.7 cm³/mol. The van der Waals surface area contributed by atoms with Crippen molar-refractivity contribution in [3.63, 3.8) is 0 Å². The highest BCUT2D eigenvalue weighted by Crippen LogP contribution is 2.09. The van der Waals surface area contributed by atoms with Gasteiger partial charge in [-0.2, -0.15) is 0 Å². The lowest BCUT2D eigenvalue weighted by Gasteiger charge is -2.03. The molecule has 0 bridgehead atoms. The molecule has 0 saturated heterocycles. The average molecular weight is 214 g/mol. The minimum absolute atomic E-state index is 0.258. The number of aliphatic hydroxyl groups is 1. The number of aliphatic hydroxyl groups excluding tert-OH is 1. The molecule has 3 heteroatoms. The van der Waals surface area contributed by atoms with E-state index in [1.54, 1.807) is 0 Å². The third-order valence-electron chi connectivity index (χ3n) is 2.02. The van der Waals surface area contributed by atoms with Crippen molar-refractivity contribution in [2.45, 2.75) is 12.8 Å². The van der Waals surface area contributed by atoms with Crippen molar-refractivity contribution in [1.29, 1.82) is 0 Å². The molecule has 1 rings (SSSR count). The summed E-state index contributed by atoms with van der Waals surface area (Å²) in [5.41, 5.74) is 1.28. The minimum Gasteiger partial charge on any atom is -0.396 e. The molecule has 2 nitrogen and oxygen atoms in total. The van der Waals surface area contributed by atoms with Crippen molar-refractivity contribution >= 4 is 11.6 Å². The summed E-state index contributed by atoms with van der Waals surface area (Å²) in [6, 6.07) is 7.89. The molecule has 0 heterocycles. The Morgan fingerprint density at radius 1 is 1.14 bits per heavy atom. The lowest BCUT2D eigenvalue weighted by Crippen LogP contribution is -2.19. The number of rotatable bonds is 6. The Morgan fingerprint density at radius 2 is 1.86 bits per heavy atom. The van der Waals surface area contributed by atoms with E-state index in [1.165, 1.54) is 5.56 Å². The van der Waals surface area contributed by atoms with E-state index in [9.17, 15) is 0 Å². The molecule has 0 atom stereocenters. The van der Waals surface area contributed by atoms with Crippen LogP contribution in [0.3, 0.4) is 0 Å². The van der Waals surface area contributed by atoms with Crippen molar-refractivity contribution in [3.05, 3.63) is 34.9 Å². The van der Waals surface area contributed by atoms with Crippen LogP contribution in [0.5, 0.6) is 0 Å². The van der Waals surface area contributed by atoms with Gasteiger partial charge in [0, 0.05) is 11.6 Å². The topological polar surface area (TPSA) is 32.3 Å². The standard InChI is InChI=1S/C11H16ClNO/c12-11-4-2-10(3-5-11)6-8-13-7-1-9-14/h2-5,13-14H,1,6-9H2. The van der Waals surface area contributed by atoms with Gasteiger partial charge in [0.05, 0.1) is 0 Å². The lowest BCUT2D eigenvalue weighted by atomic mass is 10.1. The Bertz CT molecular complexity index is 248. The summed E-state index contributed by atoms with van der Waals surface area (Å²) in [6.07, 6.45) is 1.82. The van der Waals surface area contributed by atoms with Crippen LogP contribution in [-0.4, -0.2) is 24.8 Å². The Kier molecular flexibility index (Phi) is 5.60. The quantitative estimate of drug-likeness (QED) is 0.707. The van der Waals surface area contributed by atoms with Crippen LogP contribution < -0.4 is 5.32 Å². The summed E-state index contributed by atoms with van der Waals surface area (Å²) < 4.78 is 0. The molecule has 0 fully saturated rings. The lowest BCUT2D eigenvalue weighted by molar-refractivity contribution is 0.286. The van der Waals surface area contributed by atoms with Gasteiger partial charge in [-0.15, -0.1) is 0 Å². The van der Waals surface area contributed by atoms with E-state index in [1.807, 2.05) is 24.3 Å². The Labute approximate surface area is 89.9 Å². The normalized spacial score (nSPS) is 10.4. The third-order valence-corrected chi connectivity index (χ3v) is 2.27. The van der Waals surface area contributed by atoms with Crippen molar-refractivity contribution in [2.24, 2.45) is 0 Å². The van der Waals surface area contributed by atoms with Crippen LogP contribution in [0.1, 0.15) is 12.0 Å². The summed E-state index contributed by atoms with van der Waals surface area (Å²) in [5, 5.41) is 12.6. The van der Waals surface area contributed by atoms with E-state index >= 15 is 0 Å². The molecule has 14 heavy (non-hydrogen) atoms. The van der Waals surface area contributed by atoms with Gasteiger partial charge in [0.15, 0.2) is 0 Å². The van der Waals surface area contributed by atoms with Gasteiger partial charge in [0.2, 0.25) is 0 Å². The van der Waals surface area contributed by atoms with Gasteiger partial charge in [-0.05, 0) is 43.6 Å². The van der Waals surface area contributed by atoms with Crippen LogP contribution in [-0.2, 0) is 6.42 Å². The van der Waals surface area contributed by atoms with Crippen LogP contribution in [0, 0.1) is 0 Å². The van der Waals surface area contributed by atoms with Gasteiger partial charge in [0.25, 0.3) is 0 Å². The first-order valence-electron chi connectivity index (χ1n) is 4.89. The molecule has 1 aromatic rings. The molecule has 0 amide bonds. The maximum Gasteiger partial charge on any atom is 0.0443 e. The van der Waals surface area contributed by atoms with Gasteiger partial charge >= 0.3 is 0 Å². The van der Waals surface area contributed by atoms with Gasteiger partial charge in [-0.25, -0.2) is 0 Å². The van der Waals surface area contributed by atoms with Gasteiger partial charge in [0.1, 0.15) is 0 Å². The second-order valence-corrected chi connectivity index (χ2v) is 3.64. The maximum absolute atomic E-state index is 8.56. The highest BCUT2D eigenvalue weighted by atomic mass is 35.5. The molecule has 2 N–H and O–H groups in total. The molecular formula is C11H16ClNO. The van der Waals surface area contributed by atoms with Gasteiger partial charge in [-0.3, -0.25) is 0 Å². The summed E-state index contributed by atoms with van der Waals surface area (Å²) >= 11 is 5.77. The van der Waals surface area contributed by atoms with E-state index in [0.29, 0.717) is 0 Å². The van der Waals surface area contributed by atoms with Crippen LogP contribution >= 0.6 is 11.6 Å². The summed E-state index contributed by atoms with van der Waals surface area (Å²) in [4.78, 5) is 0. The molecular weight excluding hydrogens is 198 g/mol. The monoisotopic (exact) mass is 213 g/mol. The van der Waals surface area contributed by atoms with Crippen LogP contribution in [0.15, 0.2) is 24.3 Å². The first-order chi connectivity index (χ1) is 6.83. The zero-order chi connectivity index (χ0) is 10.2. The number of hydrogen-bond acceptors (Lipinski definition) is 2. The third kappa shape index (κ3) is 4.61. The molecule has 1 aromatic carbocycles. The Morgan fingerprint density at radius 3 is 2.50 bits per heavy atom. The van der Waals surface area contributed by atoms with Crippen molar-refractivity contribution in [3.8, 4) is 0 Å². The molecule has 0 unspecified atom stereocenters. The second kappa shape index (κ2) is 6.82. The maximum atomic E-state index is 8.56. The van der Waals surface area contributed by atoms with E-state index in [4.69, 9.17) is 16.7 Å². The first-order valence-corrected chi connectivity index (χ1v) is 5.27.